The van der Waals surface area contributed by atoms with Crippen LogP contribution in [0, 0.1) is 6.92 Å². The summed E-state index contributed by atoms with van der Waals surface area (Å²) in [7, 11) is 0. The average Bonchev–Trinajstić information content (AvgIpc) is 2.76. The molecule has 0 saturated heterocycles. The number of pyridine rings is 1. The topological polar surface area (TPSA) is 126 Å². The van der Waals surface area contributed by atoms with Crippen molar-refractivity contribution in [2.24, 2.45) is 0 Å². The number of aliphatic carboxylic acids is 1. The van der Waals surface area contributed by atoms with Crippen molar-refractivity contribution in [1.82, 2.24) is 15.5 Å². The first kappa shape index (κ1) is 14.9. The number of nitrogens with one attached hydrogen (secondary N) is 1. The van der Waals surface area contributed by atoms with Crippen LogP contribution in [-0.2, 0) is 4.79 Å². The number of carboxylic acids is 1. The smallest absolute Gasteiger partial charge is 0.306 e. The van der Waals surface area contributed by atoms with E-state index in [9.17, 15) is 14.7 Å². The highest BCUT2D eigenvalue weighted by Gasteiger charge is 2.25. The number of carboxylic acid groups (broad SMARTS) is 1. The van der Waals surface area contributed by atoms with E-state index < -0.39 is 23.9 Å². The van der Waals surface area contributed by atoms with Crippen LogP contribution in [-0.4, -0.2) is 44.4 Å². The second kappa shape index (κ2) is 5.49. The van der Waals surface area contributed by atoms with Crippen LogP contribution in [0.25, 0.3) is 11.1 Å². The quantitative estimate of drug-likeness (QED) is 0.732. The van der Waals surface area contributed by atoms with Crippen LogP contribution in [0.3, 0.4) is 0 Å². The lowest BCUT2D eigenvalue weighted by atomic mass is 10.0. The first-order valence-corrected chi connectivity index (χ1v) is 6.23. The van der Waals surface area contributed by atoms with Crippen LogP contribution in [0.2, 0.25) is 0 Å². The molecule has 0 radical (unpaired) electrons. The monoisotopic (exact) mass is 293 g/mol. The van der Waals surface area contributed by atoms with Gasteiger partial charge in [-0.3, -0.25) is 9.59 Å². The van der Waals surface area contributed by atoms with Gasteiger partial charge in [-0.15, -0.1) is 0 Å². The Hall–Kier alpha value is -2.48. The van der Waals surface area contributed by atoms with Crippen molar-refractivity contribution in [3.8, 4) is 0 Å². The second-order valence-electron chi connectivity index (χ2n) is 5.09. The van der Waals surface area contributed by atoms with Crippen LogP contribution >= 0.6 is 0 Å². The summed E-state index contributed by atoms with van der Waals surface area (Å²) in [6, 6.07) is 1.58. The van der Waals surface area contributed by atoms with Crippen LogP contribution in [0.5, 0.6) is 0 Å². The molecule has 2 aromatic heterocycles. The minimum absolute atomic E-state index is 0.182. The lowest BCUT2D eigenvalue weighted by Crippen LogP contribution is -2.42. The number of fused-ring (bicyclic) bond motifs is 1. The zero-order valence-corrected chi connectivity index (χ0v) is 11.6. The highest BCUT2D eigenvalue weighted by atomic mass is 16.5. The third kappa shape index (κ3) is 3.54. The summed E-state index contributed by atoms with van der Waals surface area (Å²) < 4.78 is 4.94. The summed E-state index contributed by atoms with van der Waals surface area (Å²) in [5.74, 6) is -1.60. The summed E-state index contributed by atoms with van der Waals surface area (Å²) in [6.45, 7) is 2.89. The van der Waals surface area contributed by atoms with Crippen molar-refractivity contribution in [3.63, 3.8) is 0 Å². The molecule has 3 N–H and O–H groups in total. The SMILES string of the molecule is Cc1noc2ncc(C(=O)NCC(C)(O)CC(=O)O)cc12. The second-order valence-corrected chi connectivity index (χ2v) is 5.09. The molecule has 0 fully saturated rings. The number of amides is 1. The summed E-state index contributed by atoms with van der Waals surface area (Å²) in [6.07, 6.45) is 0.865. The Balaban J connectivity index is 2.08. The predicted molar refractivity (Wildman–Crippen MR) is 71.8 cm³/mol. The number of hydrogen-bond acceptors (Lipinski definition) is 6. The summed E-state index contributed by atoms with van der Waals surface area (Å²) >= 11 is 0. The normalized spacial score (nSPS) is 13.9. The molecule has 2 rings (SSSR count). The summed E-state index contributed by atoms with van der Waals surface area (Å²) in [4.78, 5) is 26.5. The number of rotatable bonds is 5. The summed E-state index contributed by atoms with van der Waals surface area (Å²) in [5, 5.41) is 25.3. The van der Waals surface area contributed by atoms with Crippen molar-refractivity contribution in [3.05, 3.63) is 23.5 Å². The molecule has 2 heterocycles. The molecule has 112 valence electrons. The Bertz CT molecular complexity index is 692. The molecule has 0 bridgehead atoms. The fourth-order valence-corrected chi connectivity index (χ4v) is 1.83. The number of carbonyl (C=O) groups excluding carboxylic acids is 1. The average molecular weight is 293 g/mol. The highest BCUT2D eigenvalue weighted by Crippen LogP contribution is 2.17. The molecule has 0 aliphatic rings. The van der Waals surface area contributed by atoms with Gasteiger partial charge in [-0.25, -0.2) is 4.98 Å². The molecular formula is C13H15N3O5. The third-order valence-corrected chi connectivity index (χ3v) is 2.93. The molecule has 0 aromatic carbocycles. The molecule has 0 aliphatic carbocycles. The molecule has 0 spiro atoms. The van der Waals surface area contributed by atoms with E-state index in [1.165, 1.54) is 13.1 Å². The maximum atomic E-state index is 12.0. The van der Waals surface area contributed by atoms with Gasteiger partial charge in [-0.2, -0.15) is 0 Å². The minimum Gasteiger partial charge on any atom is -0.481 e. The molecule has 1 atom stereocenters. The van der Waals surface area contributed by atoms with Crippen molar-refractivity contribution in [1.29, 1.82) is 0 Å². The Morgan fingerprint density at radius 1 is 1.48 bits per heavy atom. The van der Waals surface area contributed by atoms with Crippen molar-refractivity contribution >= 4 is 23.0 Å². The van der Waals surface area contributed by atoms with E-state index in [1.807, 2.05) is 0 Å². The molecule has 0 saturated carbocycles. The van der Waals surface area contributed by atoms with E-state index in [2.05, 4.69) is 15.5 Å². The van der Waals surface area contributed by atoms with Gasteiger partial charge >= 0.3 is 5.97 Å². The van der Waals surface area contributed by atoms with E-state index in [1.54, 1.807) is 13.0 Å². The maximum absolute atomic E-state index is 12.0. The fourth-order valence-electron chi connectivity index (χ4n) is 1.83. The van der Waals surface area contributed by atoms with Crippen LogP contribution in [0.4, 0.5) is 0 Å². The van der Waals surface area contributed by atoms with E-state index in [-0.39, 0.29) is 12.1 Å². The van der Waals surface area contributed by atoms with Gasteiger partial charge in [0.05, 0.1) is 28.7 Å². The van der Waals surface area contributed by atoms with E-state index in [0.29, 0.717) is 16.8 Å². The molecule has 2 aromatic rings. The zero-order chi connectivity index (χ0) is 15.6. The molecule has 1 unspecified atom stereocenters. The molecular weight excluding hydrogens is 278 g/mol. The molecule has 1 amide bonds. The maximum Gasteiger partial charge on any atom is 0.306 e. The predicted octanol–water partition coefficient (Wildman–Crippen LogP) is 0.487. The van der Waals surface area contributed by atoms with E-state index in [0.717, 1.165) is 0 Å². The first-order valence-electron chi connectivity index (χ1n) is 6.23. The zero-order valence-electron chi connectivity index (χ0n) is 11.6. The highest BCUT2D eigenvalue weighted by molar-refractivity contribution is 5.97. The Labute approximate surface area is 119 Å². The fraction of sp³-hybridized carbons (Fsp3) is 0.385. The van der Waals surface area contributed by atoms with Gasteiger partial charge in [-0.05, 0) is 19.9 Å². The third-order valence-electron chi connectivity index (χ3n) is 2.93. The van der Waals surface area contributed by atoms with Gasteiger partial charge in [0.2, 0.25) is 0 Å². The van der Waals surface area contributed by atoms with Gasteiger partial charge in [0.1, 0.15) is 0 Å². The molecule has 21 heavy (non-hydrogen) atoms. The van der Waals surface area contributed by atoms with Gasteiger partial charge < -0.3 is 20.1 Å². The van der Waals surface area contributed by atoms with Gasteiger partial charge in [0.15, 0.2) is 0 Å². The number of aliphatic hydroxyl groups is 1. The number of carbonyl (C=O) groups is 2. The van der Waals surface area contributed by atoms with Crippen molar-refractivity contribution in [2.45, 2.75) is 25.9 Å². The molecule has 8 nitrogen and oxygen atoms in total. The summed E-state index contributed by atoms with van der Waals surface area (Å²) in [5.41, 5.74) is -0.293. The van der Waals surface area contributed by atoms with Crippen molar-refractivity contribution in [2.75, 3.05) is 6.54 Å². The Morgan fingerprint density at radius 3 is 2.86 bits per heavy atom. The standard InChI is InChI=1S/C13H15N3O5/c1-7-9-3-8(5-14-12(9)21-16-7)11(19)15-6-13(2,20)4-10(17)18/h3,5,20H,4,6H2,1-2H3,(H,15,19)(H,17,18). The van der Waals surface area contributed by atoms with Crippen LogP contribution in [0.15, 0.2) is 16.8 Å². The number of aryl methyl sites for hydroxylation is 1. The number of nitrogens with zero attached hydrogens (tertiary/aromatic N) is 2. The van der Waals surface area contributed by atoms with Crippen LogP contribution in [0.1, 0.15) is 29.4 Å². The Kier molecular flexibility index (Phi) is 3.90. The van der Waals surface area contributed by atoms with Gasteiger partial charge in [0.25, 0.3) is 11.6 Å². The largest absolute Gasteiger partial charge is 0.481 e. The van der Waals surface area contributed by atoms with E-state index >= 15 is 0 Å². The lowest BCUT2D eigenvalue weighted by molar-refractivity contribution is -0.141. The lowest BCUT2D eigenvalue weighted by Gasteiger charge is -2.21. The molecule has 0 aliphatic heterocycles. The number of aromatic nitrogens is 2. The molecule has 8 heteroatoms. The number of hydrogen-bond donors (Lipinski definition) is 3. The van der Waals surface area contributed by atoms with Gasteiger partial charge in [0, 0.05) is 12.7 Å². The van der Waals surface area contributed by atoms with E-state index in [4.69, 9.17) is 9.63 Å². The minimum atomic E-state index is -1.52. The van der Waals surface area contributed by atoms with Crippen LogP contribution < -0.4 is 5.32 Å². The first-order chi connectivity index (χ1) is 9.78. The van der Waals surface area contributed by atoms with Gasteiger partial charge in [-0.1, -0.05) is 5.16 Å². The Morgan fingerprint density at radius 2 is 2.19 bits per heavy atom. The van der Waals surface area contributed by atoms with Crippen molar-refractivity contribution < 1.29 is 24.3 Å².